The van der Waals surface area contributed by atoms with Gasteiger partial charge in [0.15, 0.2) is 0 Å². The highest BCUT2D eigenvalue weighted by Gasteiger charge is 2.19. The Morgan fingerprint density at radius 3 is 2.78 bits per heavy atom. The number of ether oxygens (including phenoxy) is 1. The van der Waals surface area contributed by atoms with Gasteiger partial charge in [-0.2, -0.15) is 0 Å². The molecule has 1 aliphatic rings. The van der Waals surface area contributed by atoms with Crippen molar-refractivity contribution < 1.29 is 4.74 Å². The average molecular weight is 242 g/mol. The van der Waals surface area contributed by atoms with E-state index in [0.717, 1.165) is 12.2 Å². The molecular formula is C17H22O. The Morgan fingerprint density at radius 1 is 1.28 bits per heavy atom. The fourth-order valence-corrected chi connectivity index (χ4v) is 2.63. The van der Waals surface area contributed by atoms with Crippen LogP contribution in [-0.4, -0.2) is 7.11 Å². The third-order valence-electron chi connectivity index (χ3n) is 3.61. The number of para-hydroxylation sites is 1. The Bertz CT molecular complexity index is 443. The van der Waals surface area contributed by atoms with Gasteiger partial charge in [-0.25, -0.2) is 0 Å². The van der Waals surface area contributed by atoms with E-state index in [1.165, 1.54) is 30.4 Å². The molecule has 1 aliphatic carbocycles. The first kappa shape index (κ1) is 12.9. The van der Waals surface area contributed by atoms with E-state index in [-0.39, 0.29) is 0 Å². The second-order valence-electron chi connectivity index (χ2n) is 4.81. The second kappa shape index (κ2) is 6.44. The van der Waals surface area contributed by atoms with Gasteiger partial charge in [0, 0.05) is 11.5 Å². The highest BCUT2D eigenvalue weighted by atomic mass is 16.5. The zero-order valence-electron chi connectivity index (χ0n) is 11.4. The van der Waals surface area contributed by atoms with Gasteiger partial charge in [-0.15, -0.1) is 0 Å². The molecule has 1 atom stereocenters. The van der Waals surface area contributed by atoms with Crippen LogP contribution in [0, 0.1) is 0 Å². The SMILES string of the molecule is CCCCC(C1=CC=CC1)c1ccccc1OC. The van der Waals surface area contributed by atoms with Gasteiger partial charge in [-0.3, -0.25) is 0 Å². The van der Waals surface area contributed by atoms with Crippen LogP contribution >= 0.6 is 0 Å². The smallest absolute Gasteiger partial charge is 0.122 e. The predicted molar refractivity (Wildman–Crippen MR) is 77.1 cm³/mol. The van der Waals surface area contributed by atoms with Crippen LogP contribution in [0.4, 0.5) is 0 Å². The summed E-state index contributed by atoms with van der Waals surface area (Å²) < 4.78 is 5.52. The molecule has 1 aromatic rings. The number of rotatable bonds is 6. The molecule has 0 amide bonds. The molecule has 1 unspecified atom stereocenters. The molecule has 0 saturated carbocycles. The third kappa shape index (κ3) is 2.84. The Morgan fingerprint density at radius 2 is 2.11 bits per heavy atom. The van der Waals surface area contributed by atoms with Gasteiger partial charge < -0.3 is 4.74 Å². The monoisotopic (exact) mass is 242 g/mol. The lowest BCUT2D eigenvalue weighted by Gasteiger charge is -2.21. The molecule has 0 bridgehead atoms. The molecule has 1 nitrogen and oxygen atoms in total. The van der Waals surface area contributed by atoms with Crippen LogP contribution in [0.1, 0.15) is 44.1 Å². The number of allylic oxidation sites excluding steroid dienone is 4. The molecule has 0 saturated heterocycles. The summed E-state index contributed by atoms with van der Waals surface area (Å²) in [5.74, 6) is 1.53. The highest BCUT2D eigenvalue weighted by Crippen LogP contribution is 2.38. The van der Waals surface area contributed by atoms with Crippen molar-refractivity contribution in [1.82, 2.24) is 0 Å². The maximum absolute atomic E-state index is 5.52. The molecule has 0 radical (unpaired) electrons. The summed E-state index contributed by atoms with van der Waals surface area (Å²) in [5.41, 5.74) is 2.86. The van der Waals surface area contributed by atoms with Gasteiger partial charge in [0.2, 0.25) is 0 Å². The van der Waals surface area contributed by atoms with Crippen LogP contribution in [0.15, 0.2) is 48.1 Å². The normalized spacial score (nSPS) is 15.6. The standard InChI is InChI=1S/C17H22O/c1-3-4-11-15(14-9-5-6-10-14)16-12-7-8-13-17(16)18-2/h5-9,12-13,15H,3-4,10-11H2,1-2H3. The molecule has 0 aliphatic heterocycles. The van der Waals surface area contributed by atoms with Crippen molar-refractivity contribution in [3.8, 4) is 5.75 Å². The first-order valence-corrected chi connectivity index (χ1v) is 6.85. The van der Waals surface area contributed by atoms with Gasteiger partial charge in [0.1, 0.15) is 5.75 Å². The summed E-state index contributed by atoms with van der Waals surface area (Å²) in [4.78, 5) is 0. The topological polar surface area (TPSA) is 9.23 Å². The lowest BCUT2D eigenvalue weighted by Crippen LogP contribution is -2.04. The fraction of sp³-hybridized carbons (Fsp3) is 0.412. The molecule has 2 rings (SSSR count). The Balaban J connectivity index is 2.27. The average Bonchev–Trinajstić information content (AvgIpc) is 2.94. The molecule has 18 heavy (non-hydrogen) atoms. The third-order valence-corrected chi connectivity index (χ3v) is 3.61. The van der Waals surface area contributed by atoms with Crippen molar-refractivity contribution in [2.45, 2.75) is 38.5 Å². The Hall–Kier alpha value is -1.50. The van der Waals surface area contributed by atoms with E-state index in [1.54, 1.807) is 7.11 Å². The molecule has 1 aromatic carbocycles. The van der Waals surface area contributed by atoms with E-state index in [1.807, 2.05) is 6.07 Å². The number of hydrogen-bond donors (Lipinski definition) is 0. The molecule has 0 aromatic heterocycles. The number of unbranched alkanes of at least 4 members (excludes halogenated alkanes) is 1. The summed E-state index contributed by atoms with van der Waals surface area (Å²) in [7, 11) is 1.76. The minimum Gasteiger partial charge on any atom is -0.496 e. The van der Waals surface area contributed by atoms with Crippen LogP contribution in [-0.2, 0) is 0 Å². The van der Waals surface area contributed by atoms with E-state index in [4.69, 9.17) is 4.74 Å². The van der Waals surface area contributed by atoms with Crippen molar-refractivity contribution in [3.63, 3.8) is 0 Å². The van der Waals surface area contributed by atoms with Gasteiger partial charge in [0.05, 0.1) is 7.11 Å². The molecule has 0 fully saturated rings. The van der Waals surface area contributed by atoms with Crippen molar-refractivity contribution >= 4 is 0 Å². The first-order valence-electron chi connectivity index (χ1n) is 6.85. The fourth-order valence-electron chi connectivity index (χ4n) is 2.63. The maximum atomic E-state index is 5.52. The number of benzene rings is 1. The minimum atomic E-state index is 0.510. The zero-order valence-corrected chi connectivity index (χ0v) is 11.4. The maximum Gasteiger partial charge on any atom is 0.122 e. The highest BCUT2D eigenvalue weighted by molar-refractivity contribution is 5.43. The predicted octanol–water partition coefficient (Wildman–Crippen LogP) is 4.86. The lowest BCUT2D eigenvalue weighted by molar-refractivity contribution is 0.405. The zero-order chi connectivity index (χ0) is 12.8. The summed E-state index contributed by atoms with van der Waals surface area (Å²) in [6, 6.07) is 8.43. The van der Waals surface area contributed by atoms with Crippen molar-refractivity contribution in [1.29, 1.82) is 0 Å². The largest absolute Gasteiger partial charge is 0.496 e. The molecule has 96 valence electrons. The van der Waals surface area contributed by atoms with E-state index >= 15 is 0 Å². The quantitative estimate of drug-likeness (QED) is 0.692. The van der Waals surface area contributed by atoms with Gasteiger partial charge in [0.25, 0.3) is 0 Å². The summed E-state index contributed by atoms with van der Waals surface area (Å²) in [6.07, 6.45) is 11.5. The van der Waals surface area contributed by atoms with Crippen molar-refractivity contribution in [3.05, 3.63) is 53.6 Å². The summed E-state index contributed by atoms with van der Waals surface area (Å²) in [6.45, 7) is 2.25. The van der Waals surface area contributed by atoms with E-state index in [0.29, 0.717) is 5.92 Å². The van der Waals surface area contributed by atoms with Gasteiger partial charge in [-0.1, -0.05) is 61.8 Å². The lowest BCUT2D eigenvalue weighted by atomic mass is 9.85. The summed E-state index contributed by atoms with van der Waals surface area (Å²) >= 11 is 0. The van der Waals surface area contributed by atoms with E-state index < -0.39 is 0 Å². The second-order valence-corrected chi connectivity index (χ2v) is 4.81. The van der Waals surface area contributed by atoms with Crippen LogP contribution in [0.5, 0.6) is 5.75 Å². The first-order chi connectivity index (χ1) is 8.86. The summed E-state index contributed by atoms with van der Waals surface area (Å²) in [5, 5.41) is 0. The molecule has 0 spiro atoms. The van der Waals surface area contributed by atoms with Crippen molar-refractivity contribution in [2.75, 3.05) is 7.11 Å². The van der Waals surface area contributed by atoms with Gasteiger partial charge in [-0.05, 0) is 18.9 Å². The molecule has 1 heteroatoms. The minimum absolute atomic E-state index is 0.510. The number of hydrogen-bond acceptors (Lipinski definition) is 1. The van der Waals surface area contributed by atoms with Crippen LogP contribution in [0.2, 0.25) is 0 Å². The molecule has 0 N–H and O–H groups in total. The van der Waals surface area contributed by atoms with E-state index in [2.05, 4.69) is 43.4 Å². The molecular weight excluding hydrogens is 220 g/mol. The Kier molecular flexibility index (Phi) is 4.63. The van der Waals surface area contributed by atoms with Crippen LogP contribution < -0.4 is 4.74 Å². The van der Waals surface area contributed by atoms with Crippen LogP contribution in [0.3, 0.4) is 0 Å². The number of methoxy groups -OCH3 is 1. The van der Waals surface area contributed by atoms with E-state index in [9.17, 15) is 0 Å². The Labute approximate surface area is 110 Å². The molecule has 0 heterocycles. The van der Waals surface area contributed by atoms with Gasteiger partial charge >= 0.3 is 0 Å². The van der Waals surface area contributed by atoms with Crippen molar-refractivity contribution in [2.24, 2.45) is 0 Å². The van der Waals surface area contributed by atoms with Crippen LogP contribution in [0.25, 0.3) is 0 Å².